The van der Waals surface area contributed by atoms with E-state index in [0.717, 1.165) is 30.6 Å². The molecule has 0 aliphatic carbocycles. The zero-order valence-corrected chi connectivity index (χ0v) is 14.8. The van der Waals surface area contributed by atoms with Crippen molar-refractivity contribution in [2.45, 2.75) is 32.2 Å². The highest BCUT2D eigenvalue weighted by atomic mass is 16.2. The number of rotatable bonds is 6. The summed E-state index contributed by atoms with van der Waals surface area (Å²) in [5.74, 6) is 0.0607. The molecule has 5 heteroatoms. The number of carbonyl (C=O) groups excluding carboxylic acids is 2. The molecule has 1 aromatic rings. The van der Waals surface area contributed by atoms with Gasteiger partial charge >= 0.3 is 0 Å². The minimum absolute atomic E-state index is 0.0524. The molecule has 5 nitrogen and oxygen atoms in total. The molecule has 0 radical (unpaired) electrons. The number of anilines is 1. The van der Waals surface area contributed by atoms with E-state index in [1.54, 1.807) is 6.08 Å². The smallest absolute Gasteiger partial charge is 0.244 e. The van der Waals surface area contributed by atoms with E-state index in [4.69, 9.17) is 0 Å². The van der Waals surface area contributed by atoms with E-state index >= 15 is 0 Å². The zero-order valence-electron chi connectivity index (χ0n) is 14.8. The summed E-state index contributed by atoms with van der Waals surface area (Å²) in [6.07, 6.45) is 5.56. The van der Waals surface area contributed by atoms with Crippen LogP contribution in [-0.2, 0) is 9.59 Å². The van der Waals surface area contributed by atoms with Gasteiger partial charge in [-0.3, -0.25) is 9.59 Å². The normalized spacial score (nSPS) is 17.2. The maximum Gasteiger partial charge on any atom is 0.244 e. The Bertz CT molecular complexity index is 610. The molecule has 1 unspecified atom stereocenters. The Morgan fingerprint density at radius 2 is 2.08 bits per heavy atom. The Balaban J connectivity index is 2.10. The second-order valence-corrected chi connectivity index (χ2v) is 6.37. The van der Waals surface area contributed by atoms with Gasteiger partial charge in [0.05, 0.1) is 6.04 Å². The molecular weight excluding hydrogens is 302 g/mol. The van der Waals surface area contributed by atoms with E-state index in [0.29, 0.717) is 13.0 Å². The third-order valence-corrected chi connectivity index (χ3v) is 4.07. The highest BCUT2D eigenvalue weighted by molar-refractivity contribution is 5.95. The number of likely N-dealkylation sites (N-methyl/N-ethyl adjacent to an activating group) is 1. The largest absolute Gasteiger partial charge is 0.346 e. The molecule has 0 spiro atoms. The van der Waals surface area contributed by atoms with Crippen LogP contribution >= 0.6 is 0 Å². The molecule has 1 heterocycles. The van der Waals surface area contributed by atoms with Crippen LogP contribution in [0, 0.1) is 0 Å². The second kappa shape index (κ2) is 8.64. The molecule has 1 aliphatic heterocycles. The van der Waals surface area contributed by atoms with Crippen molar-refractivity contribution in [1.29, 1.82) is 0 Å². The van der Waals surface area contributed by atoms with Gasteiger partial charge in [-0.1, -0.05) is 31.2 Å². The summed E-state index contributed by atoms with van der Waals surface area (Å²) in [4.78, 5) is 28.3. The zero-order chi connectivity index (χ0) is 17.5. The Labute approximate surface area is 144 Å². The van der Waals surface area contributed by atoms with E-state index in [1.165, 1.54) is 0 Å². The van der Waals surface area contributed by atoms with Gasteiger partial charge in [0.25, 0.3) is 0 Å². The van der Waals surface area contributed by atoms with E-state index in [-0.39, 0.29) is 17.9 Å². The monoisotopic (exact) mass is 329 g/mol. The molecule has 0 fully saturated rings. The molecule has 1 aromatic carbocycles. The molecule has 1 atom stereocenters. The summed E-state index contributed by atoms with van der Waals surface area (Å²) >= 11 is 0. The SMILES string of the molecule is CCCC(=O)N1CCC(NC(=O)/C=C/CN(C)C)c2ccccc21. The highest BCUT2D eigenvalue weighted by Gasteiger charge is 2.28. The molecule has 0 saturated heterocycles. The summed E-state index contributed by atoms with van der Waals surface area (Å²) in [5, 5.41) is 3.06. The predicted molar refractivity (Wildman–Crippen MR) is 96.9 cm³/mol. The summed E-state index contributed by atoms with van der Waals surface area (Å²) in [6, 6.07) is 7.79. The first-order valence-corrected chi connectivity index (χ1v) is 8.54. The van der Waals surface area contributed by atoms with Gasteiger partial charge in [-0.2, -0.15) is 0 Å². The molecule has 0 saturated carbocycles. The van der Waals surface area contributed by atoms with E-state index in [9.17, 15) is 9.59 Å². The van der Waals surface area contributed by atoms with Crippen LogP contribution in [0.1, 0.15) is 37.8 Å². The first-order chi connectivity index (χ1) is 11.5. The summed E-state index contributed by atoms with van der Waals surface area (Å²) in [5.41, 5.74) is 1.94. The number of nitrogens with zero attached hydrogens (tertiary/aromatic N) is 2. The van der Waals surface area contributed by atoms with Crippen molar-refractivity contribution in [3.8, 4) is 0 Å². The third kappa shape index (κ3) is 4.68. The Morgan fingerprint density at radius 3 is 2.79 bits per heavy atom. The average Bonchev–Trinajstić information content (AvgIpc) is 2.55. The van der Waals surface area contributed by atoms with Gasteiger partial charge in [-0.15, -0.1) is 0 Å². The molecule has 130 valence electrons. The summed E-state index contributed by atoms with van der Waals surface area (Å²) in [6.45, 7) is 3.38. The quantitative estimate of drug-likeness (QED) is 0.816. The maximum atomic E-state index is 12.3. The Morgan fingerprint density at radius 1 is 1.33 bits per heavy atom. The third-order valence-electron chi connectivity index (χ3n) is 4.07. The lowest BCUT2D eigenvalue weighted by molar-refractivity contribution is -0.118. The van der Waals surface area contributed by atoms with Crippen molar-refractivity contribution in [1.82, 2.24) is 10.2 Å². The standard InChI is InChI=1S/C19H27N3O2/c1-4-8-19(24)22-14-12-16(15-9-5-6-10-17(15)22)20-18(23)11-7-13-21(2)3/h5-7,9-11,16H,4,8,12-14H2,1-3H3,(H,20,23)/b11-7+. The molecule has 0 bridgehead atoms. The fourth-order valence-corrected chi connectivity index (χ4v) is 2.91. The summed E-state index contributed by atoms with van der Waals surface area (Å²) < 4.78 is 0. The van der Waals surface area contributed by atoms with Gasteiger partial charge in [0.2, 0.25) is 11.8 Å². The highest BCUT2D eigenvalue weighted by Crippen LogP contribution is 2.34. The second-order valence-electron chi connectivity index (χ2n) is 6.37. The fraction of sp³-hybridized carbons (Fsp3) is 0.474. The fourth-order valence-electron chi connectivity index (χ4n) is 2.91. The molecule has 24 heavy (non-hydrogen) atoms. The van der Waals surface area contributed by atoms with Crippen molar-refractivity contribution < 1.29 is 9.59 Å². The first-order valence-electron chi connectivity index (χ1n) is 8.54. The van der Waals surface area contributed by atoms with Crippen LogP contribution in [0.4, 0.5) is 5.69 Å². The number of hydrogen-bond acceptors (Lipinski definition) is 3. The number of amides is 2. The van der Waals surface area contributed by atoms with E-state index < -0.39 is 0 Å². The van der Waals surface area contributed by atoms with Crippen molar-refractivity contribution in [3.05, 3.63) is 42.0 Å². The molecule has 2 amide bonds. The number of nitrogens with one attached hydrogen (secondary N) is 1. The molecule has 2 rings (SSSR count). The van der Waals surface area contributed by atoms with Crippen LogP contribution in [0.25, 0.3) is 0 Å². The Kier molecular flexibility index (Phi) is 6.55. The van der Waals surface area contributed by atoms with Crippen molar-refractivity contribution in [2.24, 2.45) is 0 Å². The number of carbonyl (C=O) groups is 2. The van der Waals surface area contributed by atoms with Crippen LogP contribution < -0.4 is 10.2 Å². The molecule has 1 N–H and O–H groups in total. The first kappa shape index (κ1) is 18.2. The molecule has 1 aliphatic rings. The number of fused-ring (bicyclic) bond motifs is 1. The van der Waals surface area contributed by atoms with Crippen molar-refractivity contribution >= 4 is 17.5 Å². The van der Waals surface area contributed by atoms with Crippen molar-refractivity contribution in [2.75, 3.05) is 32.1 Å². The number of para-hydroxylation sites is 1. The van der Waals surface area contributed by atoms with Gasteiger partial charge in [0.1, 0.15) is 0 Å². The van der Waals surface area contributed by atoms with Gasteiger partial charge < -0.3 is 15.1 Å². The van der Waals surface area contributed by atoms with Gasteiger partial charge in [0.15, 0.2) is 0 Å². The van der Waals surface area contributed by atoms with Crippen LogP contribution in [-0.4, -0.2) is 43.9 Å². The van der Waals surface area contributed by atoms with Crippen molar-refractivity contribution in [3.63, 3.8) is 0 Å². The van der Waals surface area contributed by atoms with Crippen LogP contribution in [0.15, 0.2) is 36.4 Å². The predicted octanol–water partition coefficient (Wildman–Crippen LogP) is 2.50. The van der Waals surface area contributed by atoms with Crippen LogP contribution in [0.2, 0.25) is 0 Å². The molecular formula is C19H27N3O2. The van der Waals surface area contributed by atoms with E-state index in [2.05, 4.69) is 5.32 Å². The van der Waals surface area contributed by atoms with E-state index in [1.807, 2.05) is 61.2 Å². The molecule has 0 aromatic heterocycles. The van der Waals surface area contributed by atoms with Gasteiger partial charge in [0, 0.05) is 31.3 Å². The van der Waals surface area contributed by atoms with Gasteiger partial charge in [-0.25, -0.2) is 0 Å². The van der Waals surface area contributed by atoms with Crippen LogP contribution in [0.3, 0.4) is 0 Å². The lowest BCUT2D eigenvalue weighted by Gasteiger charge is -2.34. The lowest BCUT2D eigenvalue weighted by atomic mass is 9.96. The lowest BCUT2D eigenvalue weighted by Crippen LogP contribution is -2.40. The average molecular weight is 329 g/mol. The minimum atomic E-state index is -0.0926. The minimum Gasteiger partial charge on any atom is -0.346 e. The number of hydrogen-bond donors (Lipinski definition) is 1. The summed E-state index contributed by atoms with van der Waals surface area (Å²) in [7, 11) is 3.92. The maximum absolute atomic E-state index is 12.3. The topological polar surface area (TPSA) is 52.7 Å². The van der Waals surface area contributed by atoms with Gasteiger partial charge in [-0.05, 0) is 38.6 Å². The Hall–Kier alpha value is -2.14. The van der Waals surface area contributed by atoms with Crippen LogP contribution in [0.5, 0.6) is 0 Å². The number of benzene rings is 1.